The third-order valence-corrected chi connectivity index (χ3v) is 2.83. The molecule has 0 atom stereocenters. The predicted molar refractivity (Wildman–Crippen MR) is 77.2 cm³/mol. The summed E-state index contributed by atoms with van der Waals surface area (Å²) in [6, 6.07) is 18.6. The van der Waals surface area contributed by atoms with E-state index in [9.17, 15) is 0 Å². The second kappa shape index (κ2) is 5.31. The first-order valence-corrected chi connectivity index (χ1v) is 6.10. The SMILES string of the molecule is c1ccc(-c2ccc(Nc3cnccn3)cc2)cc1. The maximum Gasteiger partial charge on any atom is 0.148 e. The van der Waals surface area contributed by atoms with Crippen molar-refractivity contribution in [3.63, 3.8) is 0 Å². The van der Waals surface area contributed by atoms with Crippen LogP contribution < -0.4 is 5.32 Å². The van der Waals surface area contributed by atoms with E-state index in [-0.39, 0.29) is 0 Å². The van der Waals surface area contributed by atoms with Crippen LogP contribution in [-0.2, 0) is 0 Å². The van der Waals surface area contributed by atoms with Crippen LogP contribution in [0.25, 0.3) is 11.1 Å². The van der Waals surface area contributed by atoms with E-state index in [2.05, 4.69) is 39.6 Å². The lowest BCUT2D eigenvalue weighted by Crippen LogP contribution is -1.93. The van der Waals surface area contributed by atoms with Crippen molar-refractivity contribution in [3.05, 3.63) is 73.2 Å². The monoisotopic (exact) mass is 247 g/mol. The van der Waals surface area contributed by atoms with Crippen molar-refractivity contribution in [2.45, 2.75) is 0 Å². The molecule has 2 aromatic carbocycles. The first-order valence-electron chi connectivity index (χ1n) is 6.10. The normalized spacial score (nSPS) is 10.1. The Hall–Kier alpha value is -2.68. The number of nitrogens with zero attached hydrogens (tertiary/aromatic N) is 2. The van der Waals surface area contributed by atoms with Crippen LogP contribution >= 0.6 is 0 Å². The number of rotatable bonds is 3. The van der Waals surface area contributed by atoms with Crippen LogP contribution in [0.5, 0.6) is 0 Å². The summed E-state index contributed by atoms with van der Waals surface area (Å²) in [5.74, 6) is 0.745. The molecule has 1 aromatic heterocycles. The first kappa shape index (κ1) is 11.4. The van der Waals surface area contributed by atoms with Crippen molar-refractivity contribution in [2.75, 3.05) is 5.32 Å². The molecule has 0 radical (unpaired) electrons. The molecule has 0 spiro atoms. The van der Waals surface area contributed by atoms with E-state index in [0.29, 0.717) is 0 Å². The van der Waals surface area contributed by atoms with Crippen LogP contribution in [0.3, 0.4) is 0 Å². The molecule has 1 heterocycles. The van der Waals surface area contributed by atoms with Crippen LogP contribution in [-0.4, -0.2) is 9.97 Å². The molecule has 0 aliphatic heterocycles. The largest absolute Gasteiger partial charge is 0.339 e. The fourth-order valence-corrected chi connectivity index (χ4v) is 1.89. The van der Waals surface area contributed by atoms with Crippen LogP contribution in [0.2, 0.25) is 0 Å². The molecule has 0 amide bonds. The third kappa shape index (κ3) is 2.77. The van der Waals surface area contributed by atoms with Gasteiger partial charge in [0.2, 0.25) is 0 Å². The highest BCUT2D eigenvalue weighted by Crippen LogP contribution is 2.22. The van der Waals surface area contributed by atoms with E-state index in [0.717, 1.165) is 11.5 Å². The van der Waals surface area contributed by atoms with Gasteiger partial charge in [-0.05, 0) is 23.3 Å². The molecular weight excluding hydrogens is 234 g/mol. The van der Waals surface area contributed by atoms with Gasteiger partial charge in [0.15, 0.2) is 0 Å². The zero-order valence-electron chi connectivity index (χ0n) is 10.3. The lowest BCUT2D eigenvalue weighted by molar-refractivity contribution is 1.20. The lowest BCUT2D eigenvalue weighted by atomic mass is 10.1. The maximum atomic E-state index is 4.18. The number of hydrogen-bond donors (Lipinski definition) is 1. The molecule has 0 aliphatic rings. The molecule has 0 bridgehead atoms. The highest BCUT2D eigenvalue weighted by atomic mass is 15.0. The minimum absolute atomic E-state index is 0.745. The summed E-state index contributed by atoms with van der Waals surface area (Å²) in [6.07, 6.45) is 5.02. The molecule has 0 fully saturated rings. The molecule has 3 aromatic rings. The summed E-state index contributed by atoms with van der Waals surface area (Å²) in [4.78, 5) is 8.20. The van der Waals surface area contributed by atoms with Crippen LogP contribution in [0.15, 0.2) is 73.2 Å². The number of benzene rings is 2. The van der Waals surface area contributed by atoms with Crippen molar-refractivity contribution in [1.82, 2.24) is 9.97 Å². The van der Waals surface area contributed by atoms with E-state index in [4.69, 9.17) is 0 Å². The van der Waals surface area contributed by atoms with E-state index in [1.54, 1.807) is 18.6 Å². The Morgan fingerprint density at radius 3 is 2.16 bits per heavy atom. The summed E-state index contributed by atoms with van der Waals surface area (Å²) >= 11 is 0. The van der Waals surface area contributed by atoms with Crippen molar-refractivity contribution >= 4 is 11.5 Å². The molecule has 92 valence electrons. The summed E-state index contributed by atoms with van der Waals surface area (Å²) in [6.45, 7) is 0. The molecule has 0 aliphatic carbocycles. The average molecular weight is 247 g/mol. The molecule has 0 saturated heterocycles. The van der Waals surface area contributed by atoms with Gasteiger partial charge in [-0.1, -0.05) is 42.5 Å². The smallest absolute Gasteiger partial charge is 0.148 e. The fraction of sp³-hybridized carbons (Fsp3) is 0. The number of anilines is 2. The molecule has 0 saturated carbocycles. The van der Waals surface area contributed by atoms with E-state index in [1.807, 2.05) is 30.3 Å². The Morgan fingerprint density at radius 2 is 1.47 bits per heavy atom. The van der Waals surface area contributed by atoms with Gasteiger partial charge in [-0.2, -0.15) is 0 Å². The van der Waals surface area contributed by atoms with Gasteiger partial charge < -0.3 is 5.32 Å². The minimum Gasteiger partial charge on any atom is -0.339 e. The van der Waals surface area contributed by atoms with E-state index < -0.39 is 0 Å². The molecule has 1 N–H and O–H groups in total. The second-order valence-corrected chi connectivity index (χ2v) is 4.16. The highest BCUT2D eigenvalue weighted by Gasteiger charge is 1.98. The molecule has 0 unspecified atom stereocenters. The Morgan fingerprint density at radius 1 is 0.737 bits per heavy atom. The van der Waals surface area contributed by atoms with Gasteiger partial charge in [-0.3, -0.25) is 4.98 Å². The topological polar surface area (TPSA) is 37.8 Å². The van der Waals surface area contributed by atoms with E-state index >= 15 is 0 Å². The van der Waals surface area contributed by atoms with Crippen LogP contribution in [0.4, 0.5) is 11.5 Å². The predicted octanol–water partition coefficient (Wildman–Crippen LogP) is 3.89. The quantitative estimate of drug-likeness (QED) is 0.763. The maximum absolute atomic E-state index is 4.18. The summed E-state index contributed by atoms with van der Waals surface area (Å²) in [7, 11) is 0. The van der Waals surface area contributed by atoms with Crippen LogP contribution in [0.1, 0.15) is 0 Å². The van der Waals surface area contributed by atoms with Gasteiger partial charge in [0.1, 0.15) is 5.82 Å². The zero-order chi connectivity index (χ0) is 12.9. The van der Waals surface area contributed by atoms with E-state index in [1.165, 1.54) is 11.1 Å². The first-order chi connectivity index (χ1) is 9.42. The Labute approximate surface area is 112 Å². The average Bonchev–Trinajstić information content (AvgIpc) is 2.50. The zero-order valence-corrected chi connectivity index (χ0v) is 10.3. The third-order valence-electron chi connectivity index (χ3n) is 2.83. The summed E-state index contributed by atoms with van der Waals surface area (Å²) in [5, 5.41) is 3.21. The molecule has 3 heteroatoms. The highest BCUT2D eigenvalue weighted by molar-refractivity contribution is 5.67. The van der Waals surface area contributed by atoms with Gasteiger partial charge in [0, 0.05) is 18.1 Å². The van der Waals surface area contributed by atoms with Gasteiger partial charge in [-0.25, -0.2) is 4.98 Å². The molecule has 3 rings (SSSR count). The number of nitrogens with one attached hydrogen (secondary N) is 1. The molecule has 19 heavy (non-hydrogen) atoms. The standard InChI is InChI=1S/C16H13N3/c1-2-4-13(5-3-1)14-6-8-15(9-7-14)19-16-12-17-10-11-18-16/h1-12H,(H,18,19). The van der Waals surface area contributed by atoms with Gasteiger partial charge in [-0.15, -0.1) is 0 Å². The Kier molecular flexibility index (Phi) is 3.19. The number of hydrogen-bond acceptors (Lipinski definition) is 3. The van der Waals surface area contributed by atoms with Crippen molar-refractivity contribution < 1.29 is 0 Å². The molecule has 3 nitrogen and oxygen atoms in total. The van der Waals surface area contributed by atoms with Crippen molar-refractivity contribution in [2.24, 2.45) is 0 Å². The van der Waals surface area contributed by atoms with Crippen molar-refractivity contribution in [1.29, 1.82) is 0 Å². The molecular formula is C16H13N3. The van der Waals surface area contributed by atoms with Gasteiger partial charge in [0.05, 0.1) is 6.20 Å². The number of aromatic nitrogens is 2. The van der Waals surface area contributed by atoms with Gasteiger partial charge >= 0.3 is 0 Å². The fourth-order valence-electron chi connectivity index (χ4n) is 1.89. The summed E-state index contributed by atoms with van der Waals surface area (Å²) in [5.41, 5.74) is 3.42. The van der Waals surface area contributed by atoms with Crippen LogP contribution in [0, 0.1) is 0 Å². The Bertz CT molecular complexity index is 634. The van der Waals surface area contributed by atoms with Crippen molar-refractivity contribution in [3.8, 4) is 11.1 Å². The lowest BCUT2D eigenvalue weighted by Gasteiger charge is -2.06. The Balaban J connectivity index is 1.80. The minimum atomic E-state index is 0.745. The second-order valence-electron chi connectivity index (χ2n) is 4.16. The van der Waals surface area contributed by atoms with Gasteiger partial charge in [0.25, 0.3) is 0 Å². The summed E-state index contributed by atoms with van der Waals surface area (Å²) < 4.78 is 0.